The molecule has 1 aliphatic rings. The van der Waals surface area contributed by atoms with Crippen LogP contribution in [-0.2, 0) is 0 Å². The molecule has 2 aromatic heterocycles. The molecule has 0 saturated carbocycles. The van der Waals surface area contributed by atoms with Crippen molar-refractivity contribution in [1.29, 1.82) is 0 Å². The van der Waals surface area contributed by atoms with E-state index in [4.69, 9.17) is 0 Å². The third-order valence-electron chi connectivity index (χ3n) is 3.76. The van der Waals surface area contributed by atoms with Crippen LogP contribution in [0.1, 0.15) is 26.7 Å². The summed E-state index contributed by atoms with van der Waals surface area (Å²) < 4.78 is 0. The van der Waals surface area contributed by atoms with Crippen molar-refractivity contribution in [2.45, 2.75) is 26.7 Å². The first-order valence-corrected chi connectivity index (χ1v) is 7.01. The molecule has 6 nitrogen and oxygen atoms in total. The highest BCUT2D eigenvalue weighted by atomic mass is 15.3. The minimum atomic E-state index is 0.664. The lowest BCUT2D eigenvalue weighted by atomic mass is 10.1. The number of aromatic nitrogens is 4. The Morgan fingerprint density at radius 3 is 3.05 bits per heavy atom. The number of nitrogens with zero attached hydrogens (tertiary/aromatic N) is 4. The summed E-state index contributed by atoms with van der Waals surface area (Å²) in [5.74, 6) is 2.42. The Morgan fingerprint density at radius 2 is 2.32 bits per heavy atom. The molecule has 0 aromatic carbocycles. The van der Waals surface area contributed by atoms with Gasteiger partial charge in [0.25, 0.3) is 0 Å². The van der Waals surface area contributed by atoms with Gasteiger partial charge in [-0.3, -0.25) is 0 Å². The van der Waals surface area contributed by atoms with Gasteiger partial charge in [-0.2, -0.15) is 9.97 Å². The van der Waals surface area contributed by atoms with E-state index in [9.17, 15) is 0 Å². The maximum Gasteiger partial charge on any atom is 0.226 e. The van der Waals surface area contributed by atoms with Gasteiger partial charge in [0, 0.05) is 19.6 Å². The molecule has 2 aromatic rings. The molecule has 1 unspecified atom stereocenters. The number of imidazole rings is 1. The number of anilines is 2. The zero-order chi connectivity index (χ0) is 13.2. The number of hydrogen-bond acceptors (Lipinski definition) is 5. The molecule has 19 heavy (non-hydrogen) atoms. The van der Waals surface area contributed by atoms with Gasteiger partial charge in [-0.25, -0.2) is 4.98 Å². The van der Waals surface area contributed by atoms with E-state index in [0.717, 1.165) is 42.5 Å². The number of rotatable bonds is 4. The smallest absolute Gasteiger partial charge is 0.226 e. The van der Waals surface area contributed by atoms with Gasteiger partial charge in [-0.05, 0) is 19.3 Å². The lowest BCUT2D eigenvalue weighted by Crippen LogP contribution is -2.22. The van der Waals surface area contributed by atoms with Crippen LogP contribution in [-0.4, -0.2) is 39.6 Å². The monoisotopic (exact) mass is 260 g/mol. The molecular weight excluding hydrogens is 240 g/mol. The van der Waals surface area contributed by atoms with E-state index in [2.05, 4.69) is 37.1 Å². The van der Waals surface area contributed by atoms with Crippen molar-refractivity contribution in [2.24, 2.45) is 5.92 Å². The number of H-pyrrole nitrogens is 1. The predicted octanol–water partition coefficient (Wildman–Crippen LogP) is 2.02. The molecule has 102 valence electrons. The molecule has 2 N–H and O–H groups in total. The van der Waals surface area contributed by atoms with E-state index in [-0.39, 0.29) is 0 Å². The van der Waals surface area contributed by atoms with Crippen molar-refractivity contribution in [1.82, 2.24) is 19.9 Å². The second kappa shape index (κ2) is 5.03. The van der Waals surface area contributed by atoms with E-state index in [1.165, 1.54) is 12.8 Å². The average Bonchev–Trinajstić information content (AvgIpc) is 3.06. The molecule has 6 heteroatoms. The largest absolute Gasteiger partial charge is 0.354 e. The second-order valence-electron chi connectivity index (χ2n) is 5.01. The summed E-state index contributed by atoms with van der Waals surface area (Å²) in [4.78, 5) is 18.8. The third-order valence-corrected chi connectivity index (χ3v) is 3.76. The van der Waals surface area contributed by atoms with E-state index < -0.39 is 0 Å². The van der Waals surface area contributed by atoms with E-state index in [1.54, 1.807) is 6.33 Å². The Labute approximate surface area is 112 Å². The molecule has 1 saturated heterocycles. The summed E-state index contributed by atoms with van der Waals surface area (Å²) in [6.07, 6.45) is 4.16. The highest BCUT2D eigenvalue weighted by Gasteiger charge is 2.25. The number of hydrogen-bond donors (Lipinski definition) is 2. The van der Waals surface area contributed by atoms with Crippen molar-refractivity contribution >= 4 is 22.9 Å². The van der Waals surface area contributed by atoms with Crippen LogP contribution in [0, 0.1) is 5.92 Å². The lowest BCUT2D eigenvalue weighted by molar-refractivity contribution is 0.569. The topological polar surface area (TPSA) is 69.7 Å². The molecule has 1 fully saturated rings. The van der Waals surface area contributed by atoms with Gasteiger partial charge in [-0.15, -0.1) is 0 Å². The van der Waals surface area contributed by atoms with Gasteiger partial charge in [0.2, 0.25) is 5.95 Å². The van der Waals surface area contributed by atoms with Crippen molar-refractivity contribution in [3.8, 4) is 0 Å². The summed E-state index contributed by atoms with van der Waals surface area (Å²) in [6.45, 7) is 7.25. The number of nitrogens with one attached hydrogen (secondary N) is 2. The summed E-state index contributed by atoms with van der Waals surface area (Å²) >= 11 is 0. The normalized spacial score (nSPS) is 19.3. The molecule has 0 radical (unpaired) electrons. The van der Waals surface area contributed by atoms with Crippen molar-refractivity contribution < 1.29 is 0 Å². The molecule has 3 heterocycles. The van der Waals surface area contributed by atoms with E-state index in [0.29, 0.717) is 5.95 Å². The molecule has 0 spiro atoms. The first-order valence-electron chi connectivity index (χ1n) is 7.01. The highest BCUT2D eigenvalue weighted by molar-refractivity contribution is 5.84. The predicted molar refractivity (Wildman–Crippen MR) is 76.5 cm³/mol. The maximum absolute atomic E-state index is 4.65. The van der Waals surface area contributed by atoms with Gasteiger partial charge in [0.1, 0.15) is 5.52 Å². The van der Waals surface area contributed by atoms with E-state index in [1.807, 2.05) is 6.92 Å². The van der Waals surface area contributed by atoms with E-state index >= 15 is 0 Å². The fraction of sp³-hybridized carbons (Fsp3) is 0.615. The maximum atomic E-state index is 4.65. The minimum absolute atomic E-state index is 0.664. The highest BCUT2D eigenvalue weighted by Crippen LogP contribution is 2.28. The fourth-order valence-corrected chi connectivity index (χ4v) is 2.64. The van der Waals surface area contributed by atoms with Gasteiger partial charge in [0.05, 0.1) is 6.33 Å². The standard InChI is InChI=1S/C13H20N6/c1-3-9-5-6-19(7-9)12-10-11(16-8-15-10)17-13(18-12)14-4-2/h8-9H,3-7H2,1-2H3,(H2,14,15,16,17,18). The van der Waals surface area contributed by atoms with Crippen LogP contribution in [0.5, 0.6) is 0 Å². The van der Waals surface area contributed by atoms with Crippen LogP contribution in [0.2, 0.25) is 0 Å². The Bertz CT molecular complexity index is 563. The average molecular weight is 260 g/mol. The van der Waals surface area contributed by atoms with Crippen LogP contribution >= 0.6 is 0 Å². The molecule has 0 amide bonds. The van der Waals surface area contributed by atoms with Crippen LogP contribution < -0.4 is 10.2 Å². The summed E-state index contributed by atoms with van der Waals surface area (Å²) in [5, 5.41) is 3.18. The van der Waals surface area contributed by atoms with Crippen molar-refractivity contribution in [3.63, 3.8) is 0 Å². The lowest BCUT2D eigenvalue weighted by Gasteiger charge is -2.18. The van der Waals surface area contributed by atoms with Gasteiger partial charge in [0.15, 0.2) is 11.5 Å². The SMILES string of the molecule is CCNc1nc(N2CCC(CC)C2)c2[nH]cnc2n1. The molecule has 0 bridgehead atoms. The van der Waals surface area contributed by atoms with Crippen LogP contribution in [0.15, 0.2) is 6.33 Å². The Balaban J connectivity index is 1.98. The second-order valence-corrected chi connectivity index (χ2v) is 5.01. The van der Waals surface area contributed by atoms with Crippen LogP contribution in [0.3, 0.4) is 0 Å². The molecule has 1 aliphatic heterocycles. The Kier molecular flexibility index (Phi) is 3.23. The zero-order valence-electron chi connectivity index (χ0n) is 11.5. The third kappa shape index (κ3) is 2.22. The quantitative estimate of drug-likeness (QED) is 0.880. The molecular formula is C13H20N6. The number of aromatic amines is 1. The van der Waals surface area contributed by atoms with Gasteiger partial charge < -0.3 is 15.2 Å². The van der Waals surface area contributed by atoms with Crippen LogP contribution in [0.25, 0.3) is 11.2 Å². The Morgan fingerprint density at radius 1 is 1.42 bits per heavy atom. The summed E-state index contributed by atoms with van der Waals surface area (Å²) in [7, 11) is 0. The van der Waals surface area contributed by atoms with Crippen LogP contribution in [0.4, 0.5) is 11.8 Å². The first-order chi connectivity index (χ1) is 9.31. The molecule has 1 atom stereocenters. The fourth-order valence-electron chi connectivity index (χ4n) is 2.64. The van der Waals surface area contributed by atoms with Gasteiger partial charge in [-0.1, -0.05) is 13.3 Å². The minimum Gasteiger partial charge on any atom is -0.354 e. The molecule has 3 rings (SSSR count). The summed E-state index contributed by atoms with van der Waals surface area (Å²) in [5.41, 5.74) is 1.68. The van der Waals surface area contributed by atoms with Crippen molar-refractivity contribution in [3.05, 3.63) is 6.33 Å². The Hall–Kier alpha value is -1.85. The number of fused-ring (bicyclic) bond motifs is 1. The van der Waals surface area contributed by atoms with Crippen molar-refractivity contribution in [2.75, 3.05) is 29.9 Å². The molecule has 0 aliphatic carbocycles. The summed E-state index contributed by atoms with van der Waals surface area (Å²) in [6, 6.07) is 0. The van der Waals surface area contributed by atoms with Gasteiger partial charge >= 0.3 is 0 Å². The first kappa shape index (κ1) is 12.2. The zero-order valence-corrected chi connectivity index (χ0v) is 11.5.